The standard InChI is InChI=1S/C20H21N3O3/c24-19(12-23-17-7-3-4-8-18(17)26-13-20(23)25)22-11-16-15-6-2-1-5-14(15)9-10-21-16/h1-8,16,21H,9-13H2,(H,22,24). The maximum atomic E-state index is 12.4. The summed E-state index contributed by atoms with van der Waals surface area (Å²) in [6, 6.07) is 15.7. The van der Waals surface area contributed by atoms with E-state index >= 15 is 0 Å². The highest BCUT2D eigenvalue weighted by atomic mass is 16.5. The van der Waals surface area contributed by atoms with E-state index in [9.17, 15) is 9.59 Å². The van der Waals surface area contributed by atoms with Crippen LogP contribution in [-0.2, 0) is 16.0 Å². The SMILES string of the molecule is O=C(CN1C(=O)COc2ccccc21)NCC1NCCc2ccccc21. The van der Waals surface area contributed by atoms with Gasteiger partial charge in [0.2, 0.25) is 5.91 Å². The van der Waals surface area contributed by atoms with E-state index in [0.29, 0.717) is 18.0 Å². The van der Waals surface area contributed by atoms with Crippen molar-refractivity contribution in [1.29, 1.82) is 0 Å². The van der Waals surface area contributed by atoms with Gasteiger partial charge in [-0.05, 0) is 36.2 Å². The molecule has 0 bridgehead atoms. The quantitative estimate of drug-likeness (QED) is 0.874. The van der Waals surface area contributed by atoms with Gasteiger partial charge >= 0.3 is 0 Å². The monoisotopic (exact) mass is 351 g/mol. The lowest BCUT2D eigenvalue weighted by atomic mass is 9.94. The summed E-state index contributed by atoms with van der Waals surface area (Å²) < 4.78 is 5.41. The van der Waals surface area contributed by atoms with Crippen molar-refractivity contribution in [3.63, 3.8) is 0 Å². The topological polar surface area (TPSA) is 70.7 Å². The highest BCUT2D eigenvalue weighted by Gasteiger charge is 2.27. The summed E-state index contributed by atoms with van der Waals surface area (Å²) in [5.74, 6) is 0.239. The molecule has 0 fully saturated rings. The Labute approximate surface area is 152 Å². The van der Waals surface area contributed by atoms with Gasteiger partial charge in [0.15, 0.2) is 6.61 Å². The normalized spacial score (nSPS) is 18.5. The number of hydrogen-bond acceptors (Lipinski definition) is 4. The summed E-state index contributed by atoms with van der Waals surface area (Å²) in [7, 11) is 0. The smallest absolute Gasteiger partial charge is 0.265 e. The Hall–Kier alpha value is -2.86. The number of nitrogens with one attached hydrogen (secondary N) is 2. The number of carbonyl (C=O) groups excluding carboxylic acids is 2. The van der Waals surface area contributed by atoms with Gasteiger partial charge in [0.05, 0.1) is 5.69 Å². The summed E-state index contributed by atoms with van der Waals surface area (Å²) >= 11 is 0. The van der Waals surface area contributed by atoms with Crippen LogP contribution in [0.1, 0.15) is 17.2 Å². The van der Waals surface area contributed by atoms with Crippen molar-refractivity contribution in [3.05, 3.63) is 59.7 Å². The molecule has 26 heavy (non-hydrogen) atoms. The minimum atomic E-state index is -0.208. The Morgan fingerprint density at radius 2 is 2.00 bits per heavy atom. The number of hydrogen-bond donors (Lipinski definition) is 2. The van der Waals surface area contributed by atoms with Crippen LogP contribution in [0, 0.1) is 0 Å². The van der Waals surface area contributed by atoms with Crippen LogP contribution in [0.3, 0.4) is 0 Å². The first kappa shape index (κ1) is 16.6. The Morgan fingerprint density at radius 1 is 1.19 bits per heavy atom. The number of carbonyl (C=O) groups is 2. The fourth-order valence-electron chi connectivity index (χ4n) is 3.52. The number of para-hydroxylation sites is 2. The first-order valence-electron chi connectivity index (χ1n) is 8.82. The maximum Gasteiger partial charge on any atom is 0.265 e. The van der Waals surface area contributed by atoms with E-state index in [1.165, 1.54) is 16.0 Å². The number of fused-ring (bicyclic) bond motifs is 2. The Balaban J connectivity index is 1.40. The predicted octanol–water partition coefficient (Wildman–Crippen LogP) is 1.42. The van der Waals surface area contributed by atoms with E-state index in [4.69, 9.17) is 4.74 Å². The van der Waals surface area contributed by atoms with Gasteiger partial charge in [0.25, 0.3) is 5.91 Å². The molecule has 0 aromatic heterocycles. The van der Waals surface area contributed by atoms with Crippen molar-refractivity contribution in [2.45, 2.75) is 12.5 Å². The summed E-state index contributed by atoms with van der Waals surface area (Å²) in [5, 5.41) is 6.40. The molecule has 1 atom stereocenters. The molecule has 134 valence electrons. The zero-order chi connectivity index (χ0) is 17.9. The van der Waals surface area contributed by atoms with Crippen molar-refractivity contribution < 1.29 is 14.3 Å². The predicted molar refractivity (Wildman–Crippen MR) is 98.2 cm³/mol. The number of benzene rings is 2. The summed E-state index contributed by atoms with van der Waals surface area (Å²) in [6.45, 7) is 1.35. The van der Waals surface area contributed by atoms with E-state index in [1.54, 1.807) is 12.1 Å². The third-order valence-corrected chi connectivity index (χ3v) is 4.83. The van der Waals surface area contributed by atoms with Crippen LogP contribution in [0.2, 0.25) is 0 Å². The molecule has 6 heteroatoms. The van der Waals surface area contributed by atoms with Gasteiger partial charge in [0.1, 0.15) is 12.3 Å². The van der Waals surface area contributed by atoms with E-state index in [0.717, 1.165) is 13.0 Å². The fourth-order valence-corrected chi connectivity index (χ4v) is 3.52. The van der Waals surface area contributed by atoms with Crippen molar-refractivity contribution in [2.24, 2.45) is 0 Å². The summed E-state index contributed by atoms with van der Waals surface area (Å²) in [5.41, 5.74) is 3.19. The van der Waals surface area contributed by atoms with Crippen molar-refractivity contribution >= 4 is 17.5 Å². The molecular formula is C20H21N3O3. The van der Waals surface area contributed by atoms with Crippen LogP contribution in [0.15, 0.2) is 48.5 Å². The van der Waals surface area contributed by atoms with Crippen LogP contribution < -0.4 is 20.3 Å². The van der Waals surface area contributed by atoms with E-state index in [-0.39, 0.29) is 31.0 Å². The molecule has 4 rings (SSSR count). The second-order valence-corrected chi connectivity index (χ2v) is 6.50. The van der Waals surface area contributed by atoms with Crippen LogP contribution in [0.5, 0.6) is 5.75 Å². The second kappa shape index (κ2) is 7.17. The fraction of sp³-hybridized carbons (Fsp3) is 0.300. The Bertz CT molecular complexity index is 837. The van der Waals surface area contributed by atoms with Crippen LogP contribution in [0.25, 0.3) is 0 Å². The van der Waals surface area contributed by atoms with Gasteiger partial charge in [-0.3, -0.25) is 14.5 Å². The van der Waals surface area contributed by atoms with Gasteiger partial charge in [-0.1, -0.05) is 36.4 Å². The molecule has 2 amide bonds. The third kappa shape index (κ3) is 3.28. The molecule has 2 aliphatic heterocycles. The van der Waals surface area contributed by atoms with E-state index in [1.807, 2.05) is 24.3 Å². The zero-order valence-corrected chi connectivity index (χ0v) is 14.4. The first-order chi connectivity index (χ1) is 12.7. The highest BCUT2D eigenvalue weighted by Crippen LogP contribution is 2.31. The summed E-state index contributed by atoms with van der Waals surface area (Å²) in [6.07, 6.45) is 1.000. The third-order valence-electron chi connectivity index (χ3n) is 4.83. The highest BCUT2D eigenvalue weighted by molar-refractivity contribution is 6.02. The van der Waals surface area contributed by atoms with Crippen LogP contribution >= 0.6 is 0 Å². The average molecular weight is 351 g/mol. The second-order valence-electron chi connectivity index (χ2n) is 6.50. The van der Waals surface area contributed by atoms with Gasteiger partial charge in [0, 0.05) is 12.6 Å². The molecule has 6 nitrogen and oxygen atoms in total. The maximum absolute atomic E-state index is 12.4. The van der Waals surface area contributed by atoms with Crippen molar-refractivity contribution in [2.75, 3.05) is 31.1 Å². The lowest BCUT2D eigenvalue weighted by Crippen LogP contribution is -2.47. The molecular weight excluding hydrogens is 330 g/mol. The molecule has 2 aliphatic rings. The van der Waals surface area contributed by atoms with Crippen LogP contribution in [-0.4, -0.2) is 38.1 Å². The van der Waals surface area contributed by atoms with Gasteiger partial charge in [-0.2, -0.15) is 0 Å². The molecule has 1 unspecified atom stereocenters. The number of nitrogens with zero attached hydrogens (tertiary/aromatic N) is 1. The van der Waals surface area contributed by atoms with E-state index in [2.05, 4.69) is 22.8 Å². The van der Waals surface area contributed by atoms with E-state index < -0.39 is 0 Å². The molecule has 0 radical (unpaired) electrons. The molecule has 2 N–H and O–H groups in total. The Kier molecular flexibility index (Phi) is 4.58. The number of rotatable bonds is 4. The number of anilines is 1. The van der Waals surface area contributed by atoms with Crippen molar-refractivity contribution in [1.82, 2.24) is 10.6 Å². The van der Waals surface area contributed by atoms with Gasteiger partial charge in [-0.15, -0.1) is 0 Å². The minimum absolute atomic E-state index is 0.00638. The molecule has 2 aromatic carbocycles. The molecule has 0 saturated heterocycles. The Morgan fingerprint density at radius 3 is 2.92 bits per heavy atom. The molecule has 2 aromatic rings. The lowest BCUT2D eigenvalue weighted by Gasteiger charge is -2.30. The molecule has 2 heterocycles. The lowest BCUT2D eigenvalue weighted by molar-refractivity contribution is -0.125. The zero-order valence-electron chi connectivity index (χ0n) is 14.4. The molecule has 0 saturated carbocycles. The number of amides is 2. The largest absolute Gasteiger partial charge is 0.482 e. The van der Waals surface area contributed by atoms with Gasteiger partial charge < -0.3 is 15.4 Å². The summed E-state index contributed by atoms with van der Waals surface area (Å²) in [4.78, 5) is 26.1. The van der Waals surface area contributed by atoms with Gasteiger partial charge in [-0.25, -0.2) is 0 Å². The first-order valence-corrected chi connectivity index (χ1v) is 8.82. The average Bonchev–Trinajstić information content (AvgIpc) is 2.68. The molecule has 0 aliphatic carbocycles. The number of ether oxygens (including phenoxy) is 1. The van der Waals surface area contributed by atoms with Crippen molar-refractivity contribution in [3.8, 4) is 5.75 Å². The molecule has 0 spiro atoms. The van der Waals surface area contributed by atoms with Crippen LogP contribution in [0.4, 0.5) is 5.69 Å². The minimum Gasteiger partial charge on any atom is -0.482 e.